The van der Waals surface area contributed by atoms with Crippen LogP contribution in [0.5, 0.6) is 0 Å². The van der Waals surface area contributed by atoms with Gasteiger partial charge in [-0.05, 0) is 18.4 Å². The Morgan fingerprint density at radius 1 is 1.23 bits per heavy atom. The zero-order valence-corrected chi connectivity index (χ0v) is 13.4. The van der Waals surface area contributed by atoms with E-state index in [1.165, 1.54) is 0 Å². The number of imidazole rings is 1. The van der Waals surface area contributed by atoms with E-state index >= 15 is 0 Å². The molecule has 0 atom stereocenters. The number of rotatable bonds is 5. The molecule has 0 saturated carbocycles. The standard InChI is InChI=1S/C17H23N5/c1-4-9-19-17-21-14-15(22(17)10-11(2)3)12-7-5-6-8-13(12)20-16(14)18/h5-8,11H,4,9-10H2,1-3H3,(H2,18,20)(H,19,21). The molecule has 2 heterocycles. The van der Waals surface area contributed by atoms with Crippen LogP contribution < -0.4 is 11.1 Å². The van der Waals surface area contributed by atoms with Crippen molar-refractivity contribution in [1.29, 1.82) is 0 Å². The highest BCUT2D eigenvalue weighted by Crippen LogP contribution is 2.31. The van der Waals surface area contributed by atoms with Crippen LogP contribution in [0.4, 0.5) is 11.8 Å². The molecule has 0 aliphatic rings. The van der Waals surface area contributed by atoms with Crippen LogP contribution in [-0.4, -0.2) is 21.1 Å². The molecule has 3 rings (SSSR count). The molecular weight excluding hydrogens is 274 g/mol. The molecule has 0 aliphatic carbocycles. The number of fused-ring (bicyclic) bond motifs is 3. The van der Waals surface area contributed by atoms with Gasteiger partial charge < -0.3 is 15.6 Å². The number of nitrogen functional groups attached to an aromatic ring is 1. The first-order chi connectivity index (χ1) is 10.6. The smallest absolute Gasteiger partial charge is 0.204 e. The average molecular weight is 297 g/mol. The molecule has 2 aromatic heterocycles. The lowest BCUT2D eigenvalue weighted by Gasteiger charge is -2.13. The highest BCUT2D eigenvalue weighted by Gasteiger charge is 2.17. The fourth-order valence-corrected chi connectivity index (χ4v) is 2.77. The summed E-state index contributed by atoms with van der Waals surface area (Å²) in [6.07, 6.45) is 1.05. The normalized spacial score (nSPS) is 11.6. The Labute approximate surface area is 130 Å². The Morgan fingerprint density at radius 2 is 2.00 bits per heavy atom. The lowest BCUT2D eigenvalue weighted by Crippen LogP contribution is -2.11. The van der Waals surface area contributed by atoms with Gasteiger partial charge in [-0.25, -0.2) is 9.97 Å². The molecule has 0 saturated heterocycles. The summed E-state index contributed by atoms with van der Waals surface area (Å²) in [6, 6.07) is 8.11. The maximum atomic E-state index is 6.15. The molecule has 5 nitrogen and oxygen atoms in total. The first-order valence-electron chi connectivity index (χ1n) is 7.90. The SMILES string of the molecule is CCCNc1nc2c(N)nc3ccccc3c2n1CC(C)C. The highest BCUT2D eigenvalue weighted by atomic mass is 15.2. The summed E-state index contributed by atoms with van der Waals surface area (Å²) in [5, 5.41) is 4.52. The van der Waals surface area contributed by atoms with Gasteiger partial charge in [0.05, 0.1) is 11.0 Å². The van der Waals surface area contributed by atoms with E-state index in [1.54, 1.807) is 0 Å². The predicted octanol–water partition coefficient (Wildman–Crippen LogP) is 3.64. The molecule has 0 unspecified atom stereocenters. The van der Waals surface area contributed by atoms with Crippen molar-refractivity contribution in [2.24, 2.45) is 5.92 Å². The number of hydrogen-bond donors (Lipinski definition) is 2. The van der Waals surface area contributed by atoms with Crippen molar-refractivity contribution >= 4 is 33.7 Å². The summed E-state index contributed by atoms with van der Waals surface area (Å²) in [5.74, 6) is 1.90. The zero-order valence-electron chi connectivity index (χ0n) is 13.4. The minimum atomic E-state index is 0.496. The van der Waals surface area contributed by atoms with E-state index < -0.39 is 0 Å². The van der Waals surface area contributed by atoms with Crippen LogP contribution in [0.15, 0.2) is 24.3 Å². The molecule has 0 fully saturated rings. The quantitative estimate of drug-likeness (QED) is 0.754. The van der Waals surface area contributed by atoms with E-state index in [4.69, 9.17) is 10.7 Å². The maximum Gasteiger partial charge on any atom is 0.204 e. The van der Waals surface area contributed by atoms with E-state index in [0.29, 0.717) is 11.7 Å². The number of para-hydroxylation sites is 1. The summed E-state index contributed by atoms with van der Waals surface area (Å²) >= 11 is 0. The van der Waals surface area contributed by atoms with Crippen LogP contribution in [0.1, 0.15) is 27.2 Å². The van der Waals surface area contributed by atoms with E-state index in [-0.39, 0.29) is 0 Å². The number of nitrogens with one attached hydrogen (secondary N) is 1. The number of benzene rings is 1. The summed E-state index contributed by atoms with van der Waals surface area (Å²) in [5.41, 5.74) is 8.93. The van der Waals surface area contributed by atoms with Crippen molar-refractivity contribution in [3.63, 3.8) is 0 Å². The Hall–Kier alpha value is -2.30. The number of hydrogen-bond acceptors (Lipinski definition) is 4. The summed E-state index contributed by atoms with van der Waals surface area (Å²) in [7, 11) is 0. The van der Waals surface area contributed by atoms with Gasteiger partial charge in [-0.15, -0.1) is 0 Å². The molecule has 3 N–H and O–H groups in total. The van der Waals surface area contributed by atoms with Crippen LogP contribution in [0, 0.1) is 5.92 Å². The van der Waals surface area contributed by atoms with Crippen LogP contribution in [0.25, 0.3) is 21.9 Å². The number of anilines is 2. The van der Waals surface area contributed by atoms with Gasteiger partial charge in [0, 0.05) is 18.5 Å². The van der Waals surface area contributed by atoms with E-state index in [9.17, 15) is 0 Å². The molecule has 0 bridgehead atoms. The van der Waals surface area contributed by atoms with Gasteiger partial charge in [0.2, 0.25) is 5.95 Å². The predicted molar refractivity (Wildman–Crippen MR) is 93.1 cm³/mol. The summed E-state index contributed by atoms with van der Waals surface area (Å²) in [4.78, 5) is 9.21. The van der Waals surface area contributed by atoms with Crippen LogP contribution in [0.3, 0.4) is 0 Å². The Bertz CT molecular complexity index is 804. The summed E-state index contributed by atoms with van der Waals surface area (Å²) < 4.78 is 2.25. The van der Waals surface area contributed by atoms with E-state index in [0.717, 1.165) is 47.4 Å². The largest absolute Gasteiger partial charge is 0.382 e. The average Bonchev–Trinajstić information content (AvgIpc) is 2.84. The highest BCUT2D eigenvalue weighted by molar-refractivity contribution is 6.07. The molecule has 0 aliphatic heterocycles. The number of nitrogens with two attached hydrogens (primary N) is 1. The summed E-state index contributed by atoms with van der Waals surface area (Å²) in [6.45, 7) is 8.36. The third-order valence-corrected chi connectivity index (χ3v) is 3.69. The molecule has 1 aromatic carbocycles. The first-order valence-corrected chi connectivity index (χ1v) is 7.90. The number of nitrogens with zero attached hydrogens (tertiary/aromatic N) is 3. The molecule has 0 spiro atoms. The van der Waals surface area contributed by atoms with Gasteiger partial charge in [0.1, 0.15) is 5.52 Å². The maximum absolute atomic E-state index is 6.15. The van der Waals surface area contributed by atoms with Gasteiger partial charge in [-0.3, -0.25) is 0 Å². The van der Waals surface area contributed by atoms with Crippen LogP contribution in [0.2, 0.25) is 0 Å². The molecule has 3 aromatic rings. The molecular formula is C17H23N5. The van der Waals surface area contributed by atoms with Crippen molar-refractivity contribution in [3.8, 4) is 0 Å². The Kier molecular flexibility index (Phi) is 3.88. The van der Waals surface area contributed by atoms with Crippen LogP contribution in [-0.2, 0) is 6.54 Å². The van der Waals surface area contributed by atoms with Crippen molar-refractivity contribution in [1.82, 2.24) is 14.5 Å². The van der Waals surface area contributed by atoms with Crippen LogP contribution >= 0.6 is 0 Å². The van der Waals surface area contributed by atoms with E-state index in [2.05, 4.69) is 41.7 Å². The third-order valence-electron chi connectivity index (χ3n) is 3.69. The van der Waals surface area contributed by atoms with Gasteiger partial charge >= 0.3 is 0 Å². The van der Waals surface area contributed by atoms with Gasteiger partial charge in [0.15, 0.2) is 5.82 Å². The lowest BCUT2D eigenvalue weighted by molar-refractivity contribution is 0.536. The van der Waals surface area contributed by atoms with Crippen molar-refractivity contribution in [2.75, 3.05) is 17.6 Å². The van der Waals surface area contributed by atoms with E-state index in [1.807, 2.05) is 18.2 Å². The number of pyridine rings is 1. The number of aromatic nitrogens is 3. The first kappa shape index (κ1) is 14.6. The second-order valence-electron chi connectivity index (χ2n) is 6.08. The van der Waals surface area contributed by atoms with Gasteiger partial charge in [-0.2, -0.15) is 0 Å². The second-order valence-corrected chi connectivity index (χ2v) is 6.08. The topological polar surface area (TPSA) is 68.8 Å². The Balaban J connectivity index is 2.32. The minimum absolute atomic E-state index is 0.496. The fraction of sp³-hybridized carbons (Fsp3) is 0.412. The third kappa shape index (κ3) is 2.47. The zero-order chi connectivity index (χ0) is 15.7. The minimum Gasteiger partial charge on any atom is -0.382 e. The van der Waals surface area contributed by atoms with Crippen molar-refractivity contribution in [3.05, 3.63) is 24.3 Å². The molecule has 22 heavy (non-hydrogen) atoms. The molecule has 0 radical (unpaired) electrons. The van der Waals surface area contributed by atoms with Gasteiger partial charge in [-0.1, -0.05) is 39.0 Å². The van der Waals surface area contributed by atoms with Crippen molar-refractivity contribution < 1.29 is 0 Å². The lowest BCUT2D eigenvalue weighted by atomic mass is 10.1. The molecule has 116 valence electrons. The van der Waals surface area contributed by atoms with Crippen molar-refractivity contribution in [2.45, 2.75) is 33.7 Å². The Morgan fingerprint density at radius 3 is 2.73 bits per heavy atom. The molecule has 0 amide bonds. The van der Waals surface area contributed by atoms with Gasteiger partial charge in [0.25, 0.3) is 0 Å². The monoisotopic (exact) mass is 297 g/mol. The fourth-order valence-electron chi connectivity index (χ4n) is 2.77. The second kappa shape index (κ2) is 5.83. The molecule has 5 heteroatoms.